The fourth-order valence-corrected chi connectivity index (χ4v) is 2.75. The minimum absolute atomic E-state index is 0.0223. The number of carbonyl (C=O) groups excluding carboxylic acids is 1. The molecule has 3 N–H and O–H groups in total. The van der Waals surface area contributed by atoms with Crippen LogP contribution < -0.4 is 11.1 Å². The molecule has 2 rings (SSSR count). The molecule has 0 radical (unpaired) electrons. The Kier molecular flexibility index (Phi) is 4.01. The Morgan fingerprint density at radius 1 is 1.56 bits per heavy atom. The monoisotopic (exact) mass is 250 g/mol. The summed E-state index contributed by atoms with van der Waals surface area (Å²) in [6, 6.07) is 0.218. The molecule has 0 aromatic carbocycles. The van der Waals surface area contributed by atoms with E-state index in [1.165, 1.54) is 12.8 Å². The van der Waals surface area contributed by atoms with Gasteiger partial charge in [0, 0.05) is 19.3 Å². The van der Waals surface area contributed by atoms with Crippen molar-refractivity contribution in [3.63, 3.8) is 0 Å². The number of amides is 1. The molecule has 5 heteroatoms. The van der Waals surface area contributed by atoms with Crippen LogP contribution >= 0.6 is 0 Å². The van der Waals surface area contributed by atoms with Gasteiger partial charge in [0.1, 0.15) is 0 Å². The molecule has 1 aliphatic carbocycles. The number of aryl methyl sites for hydroxylation is 2. The van der Waals surface area contributed by atoms with Gasteiger partial charge in [-0.25, -0.2) is 0 Å². The lowest BCUT2D eigenvalue weighted by molar-refractivity contribution is 0.0907. The molecule has 1 fully saturated rings. The lowest BCUT2D eigenvalue weighted by atomic mass is 9.84. The topological polar surface area (TPSA) is 72.9 Å². The maximum Gasteiger partial charge on any atom is 0.254 e. The summed E-state index contributed by atoms with van der Waals surface area (Å²) in [7, 11) is 1.83. The van der Waals surface area contributed by atoms with Gasteiger partial charge in [-0.1, -0.05) is 12.8 Å². The predicted octanol–water partition coefficient (Wildman–Crippen LogP) is 0.976. The first-order valence-electron chi connectivity index (χ1n) is 6.63. The number of aromatic nitrogens is 2. The second-order valence-electron chi connectivity index (χ2n) is 5.16. The molecule has 18 heavy (non-hydrogen) atoms. The smallest absolute Gasteiger partial charge is 0.254 e. The molecular formula is C13H22N4O. The van der Waals surface area contributed by atoms with E-state index < -0.39 is 0 Å². The lowest BCUT2D eigenvalue weighted by Gasteiger charge is -2.31. The highest BCUT2D eigenvalue weighted by Crippen LogP contribution is 2.23. The number of hydrogen-bond donors (Lipinski definition) is 2. The molecule has 0 spiro atoms. The van der Waals surface area contributed by atoms with Gasteiger partial charge in [-0.2, -0.15) is 5.10 Å². The van der Waals surface area contributed by atoms with Crippen LogP contribution in [0, 0.1) is 12.8 Å². The van der Waals surface area contributed by atoms with Crippen LogP contribution in [-0.4, -0.2) is 28.3 Å². The van der Waals surface area contributed by atoms with Crippen molar-refractivity contribution in [3.8, 4) is 0 Å². The summed E-state index contributed by atoms with van der Waals surface area (Å²) >= 11 is 0. The Morgan fingerprint density at radius 2 is 2.28 bits per heavy atom. The minimum atomic E-state index is -0.0223. The van der Waals surface area contributed by atoms with Crippen LogP contribution in [0.1, 0.15) is 41.7 Å². The van der Waals surface area contributed by atoms with Crippen LogP contribution in [0.2, 0.25) is 0 Å². The van der Waals surface area contributed by atoms with Crippen LogP contribution in [0.4, 0.5) is 0 Å². The molecule has 5 nitrogen and oxygen atoms in total. The summed E-state index contributed by atoms with van der Waals surface area (Å²) < 4.78 is 1.67. The average Bonchev–Trinajstić information content (AvgIpc) is 2.69. The average molecular weight is 250 g/mol. The second-order valence-corrected chi connectivity index (χ2v) is 5.16. The van der Waals surface area contributed by atoms with E-state index in [1.807, 2.05) is 14.0 Å². The van der Waals surface area contributed by atoms with Crippen LogP contribution in [-0.2, 0) is 7.05 Å². The number of carbonyl (C=O) groups is 1. The van der Waals surface area contributed by atoms with Crippen LogP contribution in [0.15, 0.2) is 6.20 Å². The molecule has 0 bridgehead atoms. The molecule has 0 saturated heterocycles. The van der Waals surface area contributed by atoms with Gasteiger partial charge in [0.25, 0.3) is 5.91 Å². The first-order valence-corrected chi connectivity index (χ1v) is 6.63. The molecular weight excluding hydrogens is 228 g/mol. The Morgan fingerprint density at radius 3 is 2.89 bits per heavy atom. The van der Waals surface area contributed by atoms with Gasteiger partial charge in [0.15, 0.2) is 0 Å². The van der Waals surface area contributed by atoms with Gasteiger partial charge >= 0.3 is 0 Å². The highest BCUT2D eigenvalue weighted by molar-refractivity contribution is 5.95. The van der Waals surface area contributed by atoms with Gasteiger partial charge in [0.2, 0.25) is 0 Å². The quantitative estimate of drug-likeness (QED) is 0.839. The molecule has 0 aliphatic heterocycles. The predicted molar refractivity (Wildman–Crippen MR) is 70.2 cm³/mol. The highest BCUT2D eigenvalue weighted by Gasteiger charge is 2.26. The molecule has 100 valence electrons. The molecule has 1 aromatic heterocycles. The number of nitrogens with one attached hydrogen (secondary N) is 1. The SMILES string of the molecule is Cc1nn(C)cc1C(=O)NC1CCCCC1CN. The Labute approximate surface area is 108 Å². The van der Waals surface area contributed by atoms with Gasteiger partial charge in [-0.3, -0.25) is 9.48 Å². The lowest BCUT2D eigenvalue weighted by Crippen LogP contribution is -2.44. The fourth-order valence-electron chi connectivity index (χ4n) is 2.75. The summed E-state index contributed by atoms with van der Waals surface area (Å²) in [4.78, 5) is 12.2. The minimum Gasteiger partial charge on any atom is -0.349 e. The van der Waals surface area contributed by atoms with E-state index in [0.29, 0.717) is 18.0 Å². The largest absolute Gasteiger partial charge is 0.349 e. The number of rotatable bonds is 3. The highest BCUT2D eigenvalue weighted by atomic mass is 16.1. The summed E-state index contributed by atoms with van der Waals surface area (Å²) in [5, 5.41) is 7.31. The van der Waals surface area contributed by atoms with E-state index in [0.717, 1.165) is 18.5 Å². The third-order valence-electron chi connectivity index (χ3n) is 3.79. The number of hydrogen-bond acceptors (Lipinski definition) is 3. The maximum absolute atomic E-state index is 12.2. The normalized spacial score (nSPS) is 23.9. The van der Waals surface area contributed by atoms with Crippen molar-refractivity contribution in [2.24, 2.45) is 18.7 Å². The summed E-state index contributed by atoms with van der Waals surface area (Å²) in [6.07, 6.45) is 6.32. The summed E-state index contributed by atoms with van der Waals surface area (Å²) in [6.45, 7) is 2.51. The molecule has 1 aromatic rings. The Balaban J connectivity index is 2.04. The Bertz CT molecular complexity index is 427. The number of nitrogens with zero attached hydrogens (tertiary/aromatic N) is 2. The van der Waals surface area contributed by atoms with Crippen molar-refractivity contribution in [2.75, 3.05) is 6.54 Å². The van der Waals surface area contributed by atoms with E-state index in [1.54, 1.807) is 10.9 Å². The maximum atomic E-state index is 12.2. The third kappa shape index (κ3) is 2.72. The molecule has 1 saturated carbocycles. The van der Waals surface area contributed by atoms with E-state index in [-0.39, 0.29) is 11.9 Å². The standard InChI is InChI=1S/C13H22N4O/c1-9-11(8-17(2)16-9)13(18)15-12-6-4-3-5-10(12)7-14/h8,10,12H,3-7,14H2,1-2H3,(H,15,18). The number of nitrogens with two attached hydrogens (primary N) is 1. The molecule has 2 unspecified atom stereocenters. The van der Waals surface area contributed by atoms with Gasteiger partial charge in [0.05, 0.1) is 11.3 Å². The van der Waals surface area contributed by atoms with Crippen molar-refractivity contribution in [1.29, 1.82) is 0 Å². The first kappa shape index (κ1) is 13.1. The van der Waals surface area contributed by atoms with Gasteiger partial charge < -0.3 is 11.1 Å². The Hall–Kier alpha value is -1.36. The van der Waals surface area contributed by atoms with Crippen molar-refractivity contribution < 1.29 is 4.79 Å². The molecule has 1 aliphatic rings. The van der Waals surface area contributed by atoms with E-state index in [4.69, 9.17) is 5.73 Å². The van der Waals surface area contributed by atoms with Crippen LogP contribution in [0.25, 0.3) is 0 Å². The van der Waals surface area contributed by atoms with E-state index in [9.17, 15) is 4.79 Å². The zero-order valence-corrected chi connectivity index (χ0v) is 11.1. The summed E-state index contributed by atoms with van der Waals surface area (Å²) in [5.41, 5.74) is 7.21. The molecule has 1 amide bonds. The van der Waals surface area contributed by atoms with Gasteiger partial charge in [-0.05, 0) is 32.2 Å². The molecule has 2 atom stereocenters. The van der Waals surface area contributed by atoms with Crippen molar-refractivity contribution in [1.82, 2.24) is 15.1 Å². The molecule has 1 heterocycles. The zero-order chi connectivity index (χ0) is 13.1. The zero-order valence-electron chi connectivity index (χ0n) is 11.1. The van der Waals surface area contributed by atoms with E-state index in [2.05, 4.69) is 10.4 Å². The van der Waals surface area contributed by atoms with Crippen molar-refractivity contribution in [2.45, 2.75) is 38.6 Å². The van der Waals surface area contributed by atoms with Crippen LogP contribution in [0.3, 0.4) is 0 Å². The van der Waals surface area contributed by atoms with Crippen LogP contribution in [0.5, 0.6) is 0 Å². The summed E-state index contributed by atoms with van der Waals surface area (Å²) in [5.74, 6) is 0.394. The van der Waals surface area contributed by atoms with Crippen molar-refractivity contribution >= 4 is 5.91 Å². The van der Waals surface area contributed by atoms with Crippen molar-refractivity contribution in [3.05, 3.63) is 17.5 Å². The fraction of sp³-hybridized carbons (Fsp3) is 0.692. The third-order valence-corrected chi connectivity index (χ3v) is 3.79. The first-order chi connectivity index (χ1) is 8.61. The van der Waals surface area contributed by atoms with E-state index >= 15 is 0 Å². The second kappa shape index (κ2) is 5.52. The van der Waals surface area contributed by atoms with Gasteiger partial charge in [-0.15, -0.1) is 0 Å².